The fourth-order valence-electron chi connectivity index (χ4n) is 1.63. The highest BCUT2D eigenvalue weighted by Crippen LogP contribution is 2.18. The zero-order chi connectivity index (χ0) is 15.9. The lowest BCUT2D eigenvalue weighted by molar-refractivity contribution is -0.159. The van der Waals surface area contributed by atoms with Crippen molar-refractivity contribution >= 4 is 42.5 Å². The van der Waals surface area contributed by atoms with E-state index in [-0.39, 0.29) is 39.8 Å². The molecule has 2 N–H and O–H groups in total. The van der Waals surface area contributed by atoms with Gasteiger partial charge in [0.1, 0.15) is 0 Å². The van der Waals surface area contributed by atoms with Crippen molar-refractivity contribution in [2.45, 2.75) is 13.8 Å². The molecule has 0 aliphatic carbocycles. The van der Waals surface area contributed by atoms with Gasteiger partial charge in [0.2, 0.25) is 5.91 Å². The number of allylic oxidation sites excluding steroid dienone is 1. The van der Waals surface area contributed by atoms with Gasteiger partial charge in [-0.25, -0.2) is 0 Å². The topological polar surface area (TPSA) is 84.5 Å². The molecule has 6 nitrogen and oxygen atoms in total. The first-order chi connectivity index (χ1) is 9.95. The summed E-state index contributed by atoms with van der Waals surface area (Å²) in [6, 6.07) is 0. The van der Waals surface area contributed by atoms with Crippen molar-refractivity contribution in [2.75, 3.05) is 20.2 Å². The average Bonchev–Trinajstić information content (AvgIpc) is 2.52. The van der Waals surface area contributed by atoms with Crippen LogP contribution >= 0.6 is 20.7 Å². The molecule has 1 rings (SSSR count). The SMILES string of the molecule is CCOC(=O)[C@@](C)(CNC(=O)C1=CC=IC=C1)C(=O)NC. The molecule has 1 aliphatic rings. The molecular weight excluding hydrogens is 387 g/mol. The maximum absolute atomic E-state index is 12.0. The lowest BCUT2D eigenvalue weighted by atomic mass is 9.89. The molecule has 0 fully saturated rings. The normalized spacial score (nSPS) is 16.0. The largest absolute Gasteiger partial charge is 0.465 e. The Labute approximate surface area is 133 Å². The molecular formula is C14H19IN2O4. The summed E-state index contributed by atoms with van der Waals surface area (Å²) in [6.45, 7) is 3.17. The van der Waals surface area contributed by atoms with Crippen LogP contribution in [0.3, 0.4) is 0 Å². The molecule has 0 bridgehead atoms. The van der Waals surface area contributed by atoms with Gasteiger partial charge in [0.25, 0.3) is 5.91 Å². The summed E-state index contributed by atoms with van der Waals surface area (Å²) >= 11 is -0.100. The minimum Gasteiger partial charge on any atom is -0.465 e. The Morgan fingerprint density at radius 3 is 2.62 bits per heavy atom. The van der Waals surface area contributed by atoms with Gasteiger partial charge >= 0.3 is 5.97 Å². The summed E-state index contributed by atoms with van der Waals surface area (Å²) < 4.78 is 8.87. The third-order valence-electron chi connectivity index (χ3n) is 2.95. The molecule has 0 unspecified atom stereocenters. The smallest absolute Gasteiger partial charge is 0.323 e. The number of esters is 1. The summed E-state index contributed by atoms with van der Waals surface area (Å²) in [7, 11) is 1.44. The van der Waals surface area contributed by atoms with E-state index < -0.39 is 17.3 Å². The van der Waals surface area contributed by atoms with Gasteiger partial charge in [-0.3, -0.25) is 14.4 Å². The molecule has 0 aromatic heterocycles. The van der Waals surface area contributed by atoms with Crippen molar-refractivity contribution < 1.29 is 19.1 Å². The van der Waals surface area contributed by atoms with Gasteiger partial charge in [-0.1, -0.05) is 20.7 Å². The Bertz CT molecular complexity index is 525. The van der Waals surface area contributed by atoms with Crippen LogP contribution in [0.25, 0.3) is 0 Å². The molecule has 2 amide bonds. The first kappa shape index (κ1) is 17.5. The van der Waals surface area contributed by atoms with E-state index in [9.17, 15) is 14.4 Å². The van der Waals surface area contributed by atoms with Crippen molar-refractivity contribution in [1.82, 2.24) is 10.6 Å². The molecule has 116 valence electrons. The van der Waals surface area contributed by atoms with Crippen LogP contribution in [0.1, 0.15) is 13.8 Å². The van der Waals surface area contributed by atoms with Crippen molar-refractivity contribution in [3.63, 3.8) is 0 Å². The third-order valence-corrected chi connectivity index (χ3v) is 4.50. The monoisotopic (exact) mass is 406 g/mol. The van der Waals surface area contributed by atoms with E-state index in [0.29, 0.717) is 5.57 Å². The molecule has 0 aromatic carbocycles. The highest BCUT2D eigenvalue weighted by molar-refractivity contribution is 14.2. The number of carbonyl (C=O) groups is 3. The molecule has 0 radical (unpaired) electrons. The highest BCUT2D eigenvalue weighted by atomic mass is 127. The second kappa shape index (κ2) is 8.06. The van der Waals surface area contributed by atoms with Crippen molar-refractivity contribution in [3.8, 4) is 0 Å². The first-order valence-electron chi connectivity index (χ1n) is 6.45. The molecule has 21 heavy (non-hydrogen) atoms. The zero-order valence-corrected chi connectivity index (χ0v) is 14.4. The van der Waals surface area contributed by atoms with Crippen molar-refractivity contribution in [1.29, 1.82) is 0 Å². The Morgan fingerprint density at radius 2 is 2.10 bits per heavy atom. The Balaban J connectivity index is 2.78. The number of hydrogen-bond acceptors (Lipinski definition) is 4. The van der Waals surface area contributed by atoms with Crippen LogP contribution < -0.4 is 10.6 Å². The van der Waals surface area contributed by atoms with E-state index in [0.717, 1.165) is 0 Å². The predicted molar refractivity (Wildman–Crippen MR) is 89.1 cm³/mol. The molecule has 0 aromatic rings. The Hall–Kier alpha value is -1.51. The van der Waals surface area contributed by atoms with Crippen LogP contribution in [-0.2, 0) is 19.1 Å². The van der Waals surface area contributed by atoms with E-state index in [2.05, 4.69) is 10.6 Å². The summed E-state index contributed by atoms with van der Waals surface area (Å²) in [4.78, 5) is 35.9. The number of amides is 2. The van der Waals surface area contributed by atoms with Gasteiger partial charge in [0, 0.05) is 19.2 Å². The molecule has 7 heteroatoms. The molecule has 1 atom stereocenters. The summed E-state index contributed by atoms with van der Waals surface area (Å²) in [5.41, 5.74) is -0.931. The fraction of sp³-hybridized carbons (Fsp3) is 0.429. The number of nitrogens with one attached hydrogen (secondary N) is 2. The van der Waals surface area contributed by atoms with Crippen LogP contribution in [0.15, 0.2) is 21.8 Å². The second-order valence-electron chi connectivity index (χ2n) is 4.48. The fourth-order valence-corrected chi connectivity index (χ4v) is 3.06. The van der Waals surface area contributed by atoms with Gasteiger partial charge in [0.15, 0.2) is 5.41 Å². The van der Waals surface area contributed by atoms with E-state index in [1.807, 2.05) is 8.09 Å². The Morgan fingerprint density at radius 1 is 1.38 bits per heavy atom. The van der Waals surface area contributed by atoms with Gasteiger partial charge in [-0.15, -0.1) is 0 Å². The van der Waals surface area contributed by atoms with Crippen LogP contribution in [0.4, 0.5) is 0 Å². The third kappa shape index (κ3) is 4.48. The summed E-state index contributed by atoms with van der Waals surface area (Å²) in [6.07, 6.45) is 3.51. The average molecular weight is 406 g/mol. The minimum absolute atomic E-state index is 0.100. The van der Waals surface area contributed by atoms with E-state index in [1.165, 1.54) is 14.0 Å². The lowest BCUT2D eigenvalue weighted by Crippen LogP contribution is -2.51. The standard InChI is InChI=1S/C14H19IN2O4/c1-4-21-13(20)14(2,12(19)16-3)9-17-11(18)10-5-7-15-8-6-10/h5-8H,4,9H2,1-3H3,(H,16,19)(H,17,18)/t14-/m0/s1. The van der Waals surface area contributed by atoms with Gasteiger partial charge < -0.3 is 15.4 Å². The van der Waals surface area contributed by atoms with Crippen LogP contribution in [-0.4, -0.2) is 42.0 Å². The summed E-state index contributed by atoms with van der Waals surface area (Å²) in [5, 5.41) is 5.05. The molecule has 1 heterocycles. The van der Waals surface area contributed by atoms with Crippen LogP contribution in [0, 0.1) is 5.41 Å². The summed E-state index contributed by atoms with van der Waals surface area (Å²) in [5.74, 6) is -1.47. The maximum atomic E-state index is 12.0. The van der Waals surface area contributed by atoms with Gasteiger partial charge in [-0.2, -0.15) is 0 Å². The number of carbonyl (C=O) groups excluding carboxylic acids is 3. The van der Waals surface area contributed by atoms with Gasteiger partial charge in [-0.05, 0) is 34.1 Å². The van der Waals surface area contributed by atoms with E-state index in [1.54, 1.807) is 19.1 Å². The number of rotatable bonds is 6. The number of ether oxygens (including phenoxy) is 1. The van der Waals surface area contributed by atoms with Crippen LogP contribution in [0.2, 0.25) is 0 Å². The van der Waals surface area contributed by atoms with Gasteiger partial charge in [0.05, 0.1) is 6.61 Å². The first-order valence-corrected chi connectivity index (χ1v) is 8.94. The van der Waals surface area contributed by atoms with E-state index >= 15 is 0 Å². The Kier molecular flexibility index (Phi) is 6.73. The maximum Gasteiger partial charge on any atom is 0.323 e. The number of hydrogen-bond donors (Lipinski definition) is 2. The quantitative estimate of drug-likeness (QED) is 0.386. The van der Waals surface area contributed by atoms with Crippen LogP contribution in [0.5, 0.6) is 0 Å². The minimum atomic E-state index is -1.45. The molecule has 0 saturated heterocycles. The molecule has 0 spiro atoms. The second-order valence-corrected chi connectivity index (χ2v) is 6.64. The van der Waals surface area contributed by atoms with E-state index in [4.69, 9.17) is 4.74 Å². The molecule has 1 aliphatic heterocycles. The highest BCUT2D eigenvalue weighted by Gasteiger charge is 2.42. The van der Waals surface area contributed by atoms with Crippen molar-refractivity contribution in [2.24, 2.45) is 5.41 Å². The zero-order valence-electron chi connectivity index (χ0n) is 12.2. The lowest BCUT2D eigenvalue weighted by Gasteiger charge is -2.25. The predicted octanol–water partition coefficient (Wildman–Crippen LogP) is 0.645. The molecule has 0 saturated carbocycles. The number of halogens is 1. The van der Waals surface area contributed by atoms with Crippen molar-refractivity contribution in [3.05, 3.63) is 21.8 Å².